The fraction of sp³-hybridized carbons (Fsp3) is 0.481. The van der Waals surface area contributed by atoms with Crippen LogP contribution in [0.4, 0.5) is 0 Å². The van der Waals surface area contributed by atoms with Crippen molar-refractivity contribution in [2.24, 2.45) is 0 Å². The lowest BCUT2D eigenvalue weighted by molar-refractivity contribution is -0.101. The number of aryl methyl sites for hydroxylation is 1. The molecule has 1 amide bonds. The number of hydrogen-bond donors (Lipinski definition) is 0. The molecule has 2 aliphatic rings. The number of hydrogen-bond acceptors (Lipinski definition) is 4. The van der Waals surface area contributed by atoms with Gasteiger partial charge in [-0.3, -0.25) is 9.78 Å². The third kappa shape index (κ3) is 4.88. The Labute approximate surface area is 191 Å². The number of pyridine rings is 1. The number of carbonyl (C=O) groups excluding carboxylic acids is 1. The van der Waals surface area contributed by atoms with Gasteiger partial charge in [-0.1, -0.05) is 24.6 Å². The fourth-order valence-corrected chi connectivity index (χ4v) is 4.73. The summed E-state index contributed by atoms with van der Waals surface area (Å²) in [5, 5.41) is 0. The van der Waals surface area contributed by atoms with Gasteiger partial charge in [0.05, 0.1) is 17.8 Å². The van der Waals surface area contributed by atoms with Gasteiger partial charge in [0, 0.05) is 31.0 Å². The van der Waals surface area contributed by atoms with Crippen molar-refractivity contribution in [2.75, 3.05) is 13.1 Å². The highest BCUT2D eigenvalue weighted by atomic mass is 16.5. The van der Waals surface area contributed by atoms with Gasteiger partial charge in [0.2, 0.25) is 0 Å². The average Bonchev–Trinajstić information content (AvgIpc) is 2.80. The van der Waals surface area contributed by atoms with Crippen molar-refractivity contribution in [1.29, 1.82) is 0 Å². The van der Waals surface area contributed by atoms with E-state index in [0.29, 0.717) is 13.1 Å². The van der Waals surface area contributed by atoms with Gasteiger partial charge in [-0.25, -0.2) is 0 Å². The first kappa shape index (κ1) is 22.5. The molecule has 1 spiro atoms. The minimum atomic E-state index is -0.300. The second-order valence-electron chi connectivity index (χ2n) is 9.26. The number of benzene rings is 1. The van der Waals surface area contributed by atoms with Gasteiger partial charge in [-0.05, 0) is 81.8 Å². The molecule has 5 heteroatoms. The molecule has 0 aliphatic carbocycles. The zero-order valence-corrected chi connectivity index (χ0v) is 19.6. The lowest BCUT2D eigenvalue weighted by Gasteiger charge is -2.45. The molecule has 0 saturated carbocycles. The minimum Gasteiger partial charge on any atom is -0.491 e. The number of likely N-dealkylation sites (tertiary alicyclic amines) is 1. The summed E-state index contributed by atoms with van der Waals surface area (Å²) in [5.41, 5.74) is 3.97. The van der Waals surface area contributed by atoms with E-state index in [2.05, 4.69) is 24.1 Å². The molecule has 1 saturated heterocycles. The van der Waals surface area contributed by atoms with Crippen LogP contribution in [-0.4, -0.2) is 40.6 Å². The van der Waals surface area contributed by atoms with Crippen molar-refractivity contribution in [3.05, 3.63) is 71.1 Å². The molecule has 1 aromatic heterocycles. The summed E-state index contributed by atoms with van der Waals surface area (Å²) < 4.78 is 12.5. The normalized spacial score (nSPS) is 20.3. The van der Waals surface area contributed by atoms with Crippen molar-refractivity contribution >= 4 is 5.91 Å². The van der Waals surface area contributed by atoms with Crippen LogP contribution >= 0.6 is 0 Å². The molecule has 1 atom stereocenters. The van der Waals surface area contributed by atoms with Crippen LogP contribution < -0.4 is 4.74 Å². The quantitative estimate of drug-likeness (QED) is 0.571. The van der Waals surface area contributed by atoms with Crippen LogP contribution in [0.2, 0.25) is 0 Å². The zero-order valence-electron chi connectivity index (χ0n) is 19.6. The van der Waals surface area contributed by atoms with Crippen molar-refractivity contribution in [3.63, 3.8) is 0 Å². The van der Waals surface area contributed by atoms with E-state index in [1.54, 1.807) is 6.20 Å². The second kappa shape index (κ2) is 9.45. The Kier molecular flexibility index (Phi) is 6.66. The predicted octanol–water partition coefficient (Wildman–Crippen LogP) is 5.65. The highest BCUT2D eigenvalue weighted by molar-refractivity contribution is 5.94. The summed E-state index contributed by atoms with van der Waals surface area (Å²) in [7, 11) is 0. The van der Waals surface area contributed by atoms with Crippen LogP contribution in [0, 0.1) is 6.92 Å². The van der Waals surface area contributed by atoms with Crippen LogP contribution in [0.1, 0.15) is 74.0 Å². The van der Waals surface area contributed by atoms with E-state index < -0.39 is 0 Å². The summed E-state index contributed by atoms with van der Waals surface area (Å²) >= 11 is 0. The summed E-state index contributed by atoms with van der Waals surface area (Å²) in [6.45, 7) is 9.59. The first-order valence-electron chi connectivity index (χ1n) is 11.7. The Morgan fingerprint density at radius 2 is 2.06 bits per heavy atom. The predicted molar refractivity (Wildman–Crippen MR) is 126 cm³/mol. The molecule has 0 bridgehead atoms. The molecule has 2 aromatic rings. The molecule has 3 heterocycles. The molecule has 2 aliphatic heterocycles. The maximum atomic E-state index is 13.2. The van der Waals surface area contributed by atoms with Crippen molar-refractivity contribution in [2.45, 2.75) is 71.2 Å². The van der Waals surface area contributed by atoms with Gasteiger partial charge in [0.15, 0.2) is 0 Å². The molecule has 1 aromatic carbocycles. The van der Waals surface area contributed by atoms with Crippen LogP contribution in [0.25, 0.3) is 0 Å². The van der Waals surface area contributed by atoms with Crippen LogP contribution in [0.5, 0.6) is 5.75 Å². The molecule has 5 nitrogen and oxygen atoms in total. The summed E-state index contributed by atoms with van der Waals surface area (Å²) in [6, 6.07) is 9.79. The number of nitrogens with zero attached hydrogens (tertiary/aromatic N) is 2. The maximum Gasteiger partial charge on any atom is 0.253 e. The van der Waals surface area contributed by atoms with Crippen LogP contribution in [0.15, 0.2) is 54.4 Å². The SMILES string of the molecule is CCC1=CC2(CCN(C(=O)c3ccc(OC(C)C)c(C)c3)CC2)OC(c2cccnc2)C1. The molecule has 1 fully saturated rings. The molecule has 1 unspecified atom stereocenters. The first-order valence-corrected chi connectivity index (χ1v) is 11.7. The van der Waals surface area contributed by atoms with E-state index >= 15 is 0 Å². The van der Waals surface area contributed by atoms with Gasteiger partial charge in [-0.2, -0.15) is 0 Å². The topological polar surface area (TPSA) is 51.7 Å². The summed E-state index contributed by atoms with van der Waals surface area (Å²) in [5.74, 6) is 0.918. The van der Waals surface area contributed by atoms with E-state index in [0.717, 1.165) is 48.1 Å². The number of aromatic nitrogens is 1. The largest absolute Gasteiger partial charge is 0.491 e. The molecule has 4 rings (SSSR count). The number of amides is 1. The van der Waals surface area contributed by atoms with Gasteiger partial charge in [-0.15, -0.1) is 0 Å². The molecule has 0 radical (unpaired) electrons. The Morgan fingerprint density at radius 3 is 2.69 bits per heavy atom. The number of piperidine rings is 1. The monoisotopic (exact) mass is 434 g/mol. The van der Waals surface area contributed by atoms with Gasteiger partial charge < -0.3 is 14.4 Å². The van der Waals surface area contributed by atoms with Crippen molar-refractivity contribution < 1.29 is 14.3 Å². The standard InChI is InChI=1S/C27H34N2O3/c1-5-21-16-25(23-7-6-12-28-18-23)32-27(17-21)10-13-29(14-11-27)26(30)22-8-9-24(20(4)15-22)31-19(2)3/h6-9,12,15,17-19,25H,5,10-11,13-14,16H2,1-4H3. The van der Waals surface area contributed by atoms with Crippen LogP contribution in [0.3, 0.4) is 0 Å². The minimum absolute atomic E-state index is 0.0297. The van der Waals surface area contributed by atoms with Crippen molar-refractivity contribution in [3.8, 4) is 5.75 Å². The smallest absolute Gasteiger partial charge is 0.253 e. The number of carbonyl (C=O) groups is 1. The third-order valence-electron chi connectivity index (χ3n) is 6.48. The van der Waals surface area contributed by atoms with E-state index in [-0.39, 0.29) is 23.7 Å². The first-order chi connectivity index (χ1) is 15.4. The Hall–Kier alpha value is -2.66. The molecular weight excluding hydrogens is 400 g/mol. The van der Waals surface area contributed by atoms with Gasteiger partial charge in [0.1, 0.15) is 5.75 Å². The molecular formula is C27H34N2O3. The summed E-state index contributed by atoms with van der Waals surface area (Å²) in [4.78, 5) is 19.4. The fourth-order valence-electron chi connectivity index (χ4n) is 4.73. The Balaban J connectivity index is 1.46. The van der Waals surface area contributed by atoms with Gasteiger partial charge in [0.25, 0.3) is 5.91 Å². The summed E-state index contributed by atoms with van der Waals surface area (Å²) in [6.07, 6.45) is 9.74. The number of ether oxygens (including phenoxy) is 2. The average molecular weight is 435 g/mol. The zero-order chi connectivity index (χ0) is 22.7. The lowest BCUT2D eigenvalue weighted by atomic mass is 9.83. The van der Waals surface area contributed by atoms with E-state index in [1.807, 2.05) is 56.1 Å². The van der Waals surface area contributed by atoms with E-state index in [4.69, 9.17) is 9.47 Å². The highest BCUT2D eigenvalue weighted by Crippen LogP contribution is 2.42. The highest BCUT2D eigenvalue weighted by Gasteiger charge is 2.40. The molecule has 170 valence electrons. The third-order valence-corrected chi connectivity index (χ3v) is 6.48. The number of rotatable bonds is 5. The second-order valence-corrected chi connectivity index (χ2v) is 9.26. The van der Waals surface area contributed by atoms with E-state index in [1.165, 1.54) is 5.57 Å². The van der Waals surface area contributed by atoms with Gasteiger partial charge >= 0.3 is 0 Å². The lowest BCUT2D eigenvalue weighted by Crippen LogP contribution is -2.48. The molecule has 32 heavy (non-hydrogen) atoms. The maximum absolute atomic E-state index is 13.2. The Bertz CT molecular complexity index is 976. The van der Waals surface area contributed by atoms with E-state index in [9.17, 15) is 4.79 Å². The van der Waals surface area contributed by atoms with Crippen LogP contribution in [-0.2, 0) is 4.74 Å². The van der Waals surface area contributed by atoms with Crippen molar-refractivity contribution in [1.82, 2.24) is 9.88 Å². The Morgan fingerprint density at radius 1 is 1.28 bits per heavy atom. The molecule has 0 N–H and O–H groups in total.